The normalized spacial score (nSPS) is 17.5. The molecule has 0 bridgehead atoms. The lowest BCUT2D eigenvalue weighted by molar-refractivity contribution is 0.0696. The second-order valence-corrected chi connectivity index (χ2v) is 5.28. The molecular weight excluding hydrogens is 238 g/mol. The second-order valence-electron chi connectivity index (χ2n) is 4.53. The van der Waals surface area contributed by atoms with Crippen LogP contribution in [-0.2, 0) is 6.54 Å². The lowest BCUT2D eigenvalue weighted by Crippen LogP contribution is -2.33. The Kier molecular flexibility index (Phi) is 4.06. The molecule has 5 nitrogen and oxygen atoms in total. The highest BCUT2D eigenvalue weighted by Crippen LogP contribution is 2.22. The summed E-state index contributed by atoms with van der Waals surface area (Å²) >= 11 is 0.959. The summed E-state index contributed by atoms with van der Waals surface area (Å²) in [6.07, 6.45) is 6.38. The van der Waals surface area contributed by atoms with Crippen LogP contribution in [0.15, 0.2) is 0 Å². The minimum absolute atomic E-state index is 0.0806. The van der Waals surface area contributed by atoms with E-state index in [4.69, 9.17) is 5.11 Å². The molecule has 0 amide bonds. The predicted octanol–water partition coefficient (Wildman–Crippen LogP) is 2.00. The van der Waals surface area contributed by atoms with Gasteiger partial charge in [0.1, 0.15) is 0 Å². The van der Waals surface area contributed by atoms with Crippen LogP contribution in [0, 0.1) is 0 Å². The first-order chi connectivity index (χ1) is 8.16. The number of carboxylic acids is 1. The standard InChI is InChI=1S/C11H17N3O2S/c1-14(8-5-3-2-4-6-8)7-9-12-10(11(15)16)17-13-9/h8H,2-7H2,1H3,(H,15,16). The molecule has 17 heavy (non-hydrogen) atoms. The van der Waals surface area contributed by atoms with E-state index in [2.05, 4.69) is 21.3 Å². The zero-order valence-electron chi connectivity index (χ0n) is 9.93. The van der Waals surface area contributed by atoms with Crippen molar-refractivity contribution in [1.82, 2.24) is 14.3 Å². The Bertz CT molecular complexity index is 388. The molecule has 0 atom stereocenters. The minimum Gasteiger partial charge on any atom is -0.476 e. The number of carboxylic acid groups (broad SMARTS) is 1. The van der Waals surface area contributed by atoms with Gasteiger partial charge in [0, 0.05) is 6.04 Å². The summed E-state index contributed by atoms with van der Waals surface area (Å²) in [5, 5.41) is 8.86. The van der Waals surface area contributed by atoms with Crippen LogP contribution < -0.4 is 0 Å². The van der Waals surface area contributed by atoms with Crippen LogP contribution in [0.1, 0.15) is 47.7 Å². The highest BCUT2D eigenvalue weighted by molar-refractivity contribution is 7.07. The molecule has 1 N–H and O–H groups in total. The lowest BCUT2D eigenvalue weighted by Gasteiger charge is -2.30. The van der Waals surface area contributed by atoms with Gasteiger partial charge >= 0.3 is 5.97 Å². The fourth-order valence-electron chi connectivity index (χ4n) is 2.28. The fourth-order valence-corrected chi connectivity index (χ4v) is 2.79. The summed E-state index contributed by atoms with van der Waals surface area (Å²) in [5.74, 6) is -0.366. The number of carbonyl (C=O) groups is 1. The van der Waals surface area contributed by atoms with Gasteiger partial charge < -0.3 is 5.11 Å². The average Bonchev–Trinajstić information content (AvgIpc) is 2.79. The van der Waals surface area contributed by atoms with Gasteiger partial charge in [-0.3, -0.25) is 4.90 Å². The van der Waals surface area contributed by atoms with Crippen molar-refractivity contribution in [2.75, 3.05) is 7.05 Å². The van der Waals surface area contributed by atoms with Gasteiger partial charge in [0.05, 0.1) is 6.54 Å². The summed E-state index contributed by atoms with van der Waals surface area (Å²) in [6, 6.07) is 0.598. The van der Waals surface area contributed by atoms with E-state index in [-0.39, 0.29) is 5.01 Å². The van der Waals surface area contributed by atoms with E-state index >= 15 is 0 Å². The van der Waals surface area contributed by atoms with Crippen LogP contribution in [0.5, 0.6) is 0 Å². The van der Waals surface area contributed by atoms with Crippen LogP contribution in [0.2, 0.25) is 0 Å². The number of aromatic nitrogens is 2. The molecule has 1 fully saturated rings. The van der Waals surface area contributed by atoms with Crippen molar-refractivity contribution in [2.45, 2.75) is 44.7 Å². The second kappa shape index (κ2) is 5.55. The average molecular weight is 255 g/mol. The number of hydrogen-bond acceptors (Lipinski definition) is 5. The molecule has 0 spiro atoms. The number of rotatable bonds is 4. The van der Waals surface area contributed by atoms with Crippen molar-refractivity contribution in [3.63, 3.8) is 0 Å². The third-order valence-corrected chi connectivity index (χ3v) is 3.98. The van der Waals surface area contributed by atoms with Gasteiger partial charge in [0.25, 0.3) is 0 Å². The molecule has 2 rings (SSSR count). The molecule has 1 aliphatic rings. The molecule has 1 aromatic heterocycles. The maximum Gasteiger partial charge on any atom is 0.366 e. The van der Waals surface area contributed by atoms with Crippen LogP contribution in [0.4, 0.5) is 0 Å². The first-order valence-corrected chi connectivity index (χ1v) is 6.70. The Hall–Kier alpha value is -1.01. The van der Waals surface area contributed by atoms with Gasteiger partial charge in [-0.2, -0.15) is 4.37 Å². The lowest BCUT2D eigenvalue weighted by atomic mass is 9.94. The molecule has 0 unspecified atom stereocenters. The van der Waals surface area contributed by atoms with E-state index in [1.54, 1.807) is 0 Å². The van der Waals surface area contributed by atoms with E-state index in [9.17, 15) is 4.79 Å². The molecule has 0 radical (unpaired) electrons. The molecule has 6 heteroatoms. The van der Waals surface area contributed by atoms with Crippen molar-refractivity contribution in [2.24, 2.45) is 0 Å². The molecule has 0 aliphatic heterocycles. The van der Waals surface area contributed by atoms with E-state index < -0.39 is 5.97 Å². The summed E-state index contributed by atoms with van der Waals surface area (Å²) < 4.78 is 4.08. The van der Waals surface area contributed by atoms with Crippen LogP contribution in [0.25, 0.3) is 0 Å². The Morgan fingerprint density at radius 1 is 1.47 bits per heavy atom. The maximum absolute atomic E-state index is 10.7. The molecule has 1 aromatic rings. The molecule has 0 saturated heterocycles. The van der Waals surface area contributed by atoms with Crippen molar-refractivity contribution in [3.05, 3.63) is 10.8 Å². The topological polar surface area (TPSA) is 66.3 Å². The third kappa shape index (κ3) is 3.23. The number of hydrogen-bond donors (Lipinski definition) is 1. The molecule has 0 aromatic carbocycles. The largest absolute Gasteiger partial charge is 0.476 e. The van der Waals surface area contributed by atoms with E-state index in [1.807, 2.05) is 0 Å². The highest BCUT2D eigenvalue weighted by Gasteiger charge is 2.20. The first kappa shape index (κ1) is 12.4. The molecule has 94 valence electrons. The zero-order chi connectivity index (χ0) is 12.3. The van der Waals surface area contributed by atoms with Crippen molar-refractivity contribution < 1.29 is 9.90 Å². The quantitative estimate of drug-likeness (QED) is 0.891. The zero-order valence-corrected chi connectivity index (χ0v) is 10.7. The van der Waals surface area contributed by atoms with Gasteiger partial charge in [-0.15, -0.1) is 0 Å². The number of nitrogens with zero attached hydrogens (tertiary/aromatic N) is 3. The fraction of sp³-hybridized carbons (Fsp3) is 0.727. The molecular formula is C11H17N3O2S. The van der Waals surface area contributed by atoms with Gasteiger partial charge in [-0.25, -0.2) is 9.78 Å². The van der Waals surface area contributed by atoms with Gasteiger partial charge in [-0.1, -0.05) is 19.3 Å². The van der Waals surface area contributed by atoms with Crippen molar-refractivity contribution in [1.29, 1.82) is 0 Å². The predicted molar refractivity (Wildman–Crippen MR) is 65.2 cm³/mol. The summed E-state index contributed by atoms with van der Waals surface area (Å²) in [6.45, 7) is 0.647. The Morgan fingerprint density at radius 3 is 2.76 bits per heavy atom. The van der Waals surface area contributed by atoms with Crippen molar-refractivity contribution >= 4 is 17.5 Å². The Morgan fingerprint density at radius 2 is 2.18 bits per heavy atom. The van der Waals surface area contributed by atoms with Crippen LogP contribution >= 0.6 is 11.5 Å². The molecule has 1 heterocycles. The third-order valence-electron chi connectivity index (χ3n) is 3.24. The van der Waals surface area contributed by atoms with Crippen LogP contribution in [-0.4, -0.2) is 38.4 Å². The minimum atomic E-state index is -0.992. The SMILES string of the molecule is CN(Cc1nsc(C(=O)O)n1)C1CCCCC1. The van der Waals surface area contributed by atoms with E-state index in [0.29, 0.717) is 18.4 Å². The summed E-state index contributed by atoms with van der Waals surface area (Å²) in [4.78, 5) is 16.9. The van der Waals surface area contributed by atoms with Gasteiger partial charge in [0.2, 0.25) is 5.01 Å². The van der Waals surface area contributed by atoms with E-state index in [1.165, 1.54) is 32.1 Å². The Balaban J connectivity index is 1.92. The monoisotopic (exact) mass is 255 g/mol. The number of aromatic carboxylic acids is 1. The summed E-state index contributed by atoms with van der Waals surface area (Å²) in [5.41, 5.74) is 0. The van der Waals surface area contributed by atoms with E-state index in [0.717, 1.165) is 11.5 Å². The molecule has 1 aliphatic carbocycles. The smallest absolute Gasteiger partial charge is 0.366 e. The summed E-state index contributed by atoms with van der Waals surface area (Å²) in [7, 11) is 2.07. The van der Waals surface area contributed by atoms with Gasteiger partial charge in [-0.05, 0) is 31.4 Å². The Labute approximate surface area is 105 Å². The first-order valence-electron chi connectivity index (χ1n) is 5.93. The van der Waals surface area contributed by atoms with Gasteiger partial charge in [0.15, 0.2) is 5.82 Å². The van der Waals surface area contributed by atoms with Crippen LogP contribution in [0.3, 0.4) is 0 Å². The maximum atomic E-state index is 10.7. The van der Waals surface area contributed by atoms with Crippen molar-refractivity contribution in [3.8, 4) is 0 Å². The highest BCUT2D eigenvalue weighted by atomic mass is 32.1. The molecule has 1 saturated carbocycles.